The molecule has 4 N–H and O–H groups in total. The highest BCUT2D eigenvalue weighted by Crippen LogP contribution is 2.19. The van der Waals surface area contributed by atoms with Crippen LogP contribution in [0.25, 0.3) is 0 Å². The Balaban J connectivity index is 2.12. The van der Waals surface area contributed by atoms with E-state index in [1.807, 2.05) is 0 Å². The normalized spacial score (nSPS) is 22.5. The smallest absolute Gasteiger partial charge is 0.244 e. The first-order valence-electron chi connectivity index (χ1n) is 5.62. The predicted molar refractivity (Wildman–Crippen MR) is 61.0 cm³/mol. The van der Waals surface area contributed by atoms with Gasteiger partial charge in [0.2, 0.25) is 5.95 Å². The van der Waals surface area contributed by atoms with Gasteiger partial charge in [0.15, 0.2) is 5.82 Å². The van der Waals surface area contributed by atoms with Crippen molar-refractivity contribution in [1.29, 1.82) is 0 Å². The molecule has 0 amide bonds. The van der Waals surface area contributed by atoms with Gasteiger partial charge < -0.3 is 15.7 Å². The summed E-state index contributed by atoms with van der Waals surface area (Å²) < 4.78 is 0. The zero-order chi connectivity index (χ0) is 11.8. The molecule has 0 spiro atoms. The Morgan fingerprint density at radius 2 is 2.31 bits per heavy atom. The molecule has 1 aromatic rings. The molecule has 1 fully saturated rings. The Kier molecular flexibility index (Phi) is 2.86. The van der Waals surface area contributed by atoms with Crippen LogP contribution in [0.15, 0.2) is 0 Å². The highest BCUT2D eigenvalue weighted by molar-refractivity contribution is 5.30. The van der Waals surface area contributed by atoms with E-state index in [0.717, 1.165) is 25.9 Å². The lowest BCUT2D eigenvalue weighted by Crippen LogP contribution is -2.43. The van der Waals surface area contributed by atoms with Crippen molar-refractivity contribution in [2.75, 3.05) is 18.0 Å². The fraction of sp³-hybridized carbons (Fsp3) is 0.800. The number of piperidine rings is 1. The molecule has 0 radical (unpaired) electrons. The van der Waals surface area contributed by atoms with E-state index in [2.05, 4.69) is 20.1 Å². The van der Waals surface area contributed by atoms with E-state index in [-0.39, 0.29) is 6.04 Å². The molecule has 1 unspecified atom stereocenters. The van der Waals surface area contributed by atoms with E-state index >= 15 is 0 Å². The Bertz CT molecular complexity index is 356. The van der Waals surface area contributed by atoms with Crippen molar-refractivity contribution in [3.63, 3.8) is 0 Å². The number of hydrogen-bond acceptors (Lipinski definition) is 5. The fourth-order valence-corrected chi connectivity index (χ4v) is 1.86. The van der Waals surface area contributed by atoms with Crippen LogP contribution in [0, 0.1) is 0 Å². The molecular formula is C10H19N5O. The lowest BCUT2D eigenvalue weighted by atomic mass is 10.1. The molecule has 6 heteroatoms. The van der Waals surface area contributed by atoms with Crippen molar-refractivity contribution in [1.82, 2.24) is 15.2 Å². The molecule has 0 aromatic carbocycles. The van der Waals surface area contributed by atoms with Crippen LogP contribution < -0.4 is 10.6 Å². The summed E-state index contributed by atoms with van der Waals surface area (Å²) in [6, 6.07) is 0.192. The number of aliphatic hydroxyl groups is 1. The number of nitrogens with two attached hydrogens (primary N) is 1. The van der Waals surface area contributed by atoms with Gasteiger partial charge >= 0.3 is 0 Å². The summed E-state index contributed by atoms with van der Waals surface area (Å²) in [7, 11) is 0. The van der Waals surface area contributed by atoms with Crippen molar-refractivity contribution in [2.45, 2.75) is 38.3 Å². The van der Waals surface area contributed by atoms with Gasteiger partial charge in [0.1, 0.15) is 5.60 Å². The van der Waals surface area contributed by atoms with Crippen molar-refractivity contribution in [2.24, 2.45) is 5.73 Å². The van der Waals surface area contributed by atoms with Gasteiger partial charge in [-0.05, 0) is 26.7 Å². The van der Waals surface area contributed by atoms with Crippen LogP contribution >= 0.6 is 0 Å². The van der Waals surface area contributed by atoms with Crippen LogP contribution in [0.3, 0.4) is 0 Å². The predicted octanol–water partition coefficient (Wildman–Crippen LogP) is -0.0404. The molecule has 0 aliphatic carbocycles. The Morgan fingerprint density at radius 1 is 1.56 bits per heavy atom. The lowest BCUT2D eigenvalue weighted by molar-refractivity contribution is 0.0691. The summed E-state index contributed by atoms with van der Waals surface area (Å²) >= 11 is 0. The van der Waals surface area contributed by atoms with Gasteiger partial charge in [-0.3, -0.25) is 5.10 Å². The minimum atomic E-state index is -0.983. The minimum Gasteiger partial charge on any atom is -0.382 e. The number of aromatic amines is 1. The minimum absolute atomic E-state index is 0.192. The van der Waals surface area contributed by atoms with Crippen LogP contribution in [0.2, 0.25) is 0 Å². The van der Waals surface area contributed by atoms with Gasteiger partial charge in [-0.25, -0.2) is 0 Å². The average molecular weight is 225 g/mol. The summed E-state index contributed by atoms with van der Waals surface area (Å²) in [5.74, 6) is 1.12. The number of rotatable bonds is 2. The van der Waals surface area contributed by atoms with Crippen LogP contribution in [0.4, 0.5) is 5.95 Å². The third-order valence-corrected chi connectivity index (χ3v) is 2.79. The molecule has 2 heterocycles. The maximum absolute atomic E-state index is 9.78. The number of nitrogens with zero attached hydrogens (tertiary/aromatic N) is 3. The summed E-state index contributed by atoms with van der Waals surface area (Å²) in [6.07, 6.45) is 2.12. The first-order chi connectivity index (χ1) is 7.47. The maximum Gasteiger partial charge on any atom is 0.244 e. The van der Waals surface area contributed by atoms with Gasteiger partial charge in [0.05, 0.1) is 0 Å². The second-order valence-electron chi connectivity index (χ2n) is 4.89. The zero-order valence-electron chi connectivity index (χ0n) is 9.77. The van der Waals surface area contributed by atoms with Crippen LogP contribution in [0.5, 0.6) is 0 Å². The largest absolute Gasteiger partial charge is 0.382 e. The monoisotopic (exact) mass is 225 g/mol. The van der Waals surface area contributed by atoms with E-state index in [1.165, 1.54) is 0 Å². The molecule has 0 bridgehead atoms. The molecular weight excluding hydrogens is 206 g/mol. The summed E-state index contributed by atoms with van der Waals surface area (Å²) in [4.78, 5) is 6.35. The van der Waals surface area contributed by atoms with Gasteiger partial charge in [0, 0.05) is 19.1 Å². The van der Waals surface area contributed by atoms with E-state index in [4.69, 9.17) is 5.73 Å². The third-order valence-electron chi connectivity index (χ3n) is 2.79. The molecule has 1 saturated heterocycles. The third kappa shape index (κ3) is 2.33. The topological polar surface area (TPSA) is 91.1 Å². The quantitative estimate of drug-likeness (QED) is 0.657. The van der Waals surface area contributed by atoms with Crippen molar-refractivity contribution in [3.05, 3.63) is 5.82 Å². The number of aromatic nitrogens is 3. The Morgan fingerprint density at radius 3 is 2.88 bits per heavy atom. The Labute approximate surface area is 94.9 Å². The molecule has 16 heavy (non-hydrogen) atoms. The SMILES string of the molecule is CC(C)(O)c1nc(N2CCCC(N)C2)n[nH]1. The van der Waals surface area contributed by atoms with Gasteiger partial charge in [-0.1, -0.05) is 0 Å². The van der Waals surface area contributed by atoms with Crippen molar-refractivity contribution in [3.8, 4) is 0 Å². The van der Waals surface area contributed by atoms with E-state index in [1.54, 1.807) is 13.8 Å². The molecule has 90 valence electrons. The first kappa shape index (κ1) is 11.3. The van der Waals surface area contributed by atoms with Crippen molar-refractivity contribution >= 4 is 5.95 Å². The number of H-pyrrole nitrogens is 1. The fourth-order valence-electron chi connectivity index (χ4n) is 1.86. The second kappa shape index (κ2) is 4.03. The summed E-state index contributed by atoms with van der Waals surface area (Å²) in [6.45, 7) is 5.07. The van der Waals surface area contributed by atoms with Crippen LogP contribution in [-0.4, -0.2) is 39.4 Å². The van der Waals surface area contributed by atoms with Crippen LogP contribution in [-0.2, 0) is 5.60 Å². The highest BCUT2D eigenvalue weighted by Gasteiger charge is 2.24. The highest BCUT2D eigenvalue weighted by atomic mass is 16.3. The van der Waals surface area contributed by atoms with E-state index < -0.39 is 5.60 Å². The van der Waals surface area contributed by atoms with Gasteiger partial charge in [-0.15, -0.1) is 5.10 Å². The molecule has 6 nitrogen and oxygen atoms in total. The first-order valence-corrected chi connectivity index (χ1v) is 5.62. The number of hydrogen-bond donors (Lipinski definition) is 3. The Hall–Kier alpha value is -1.14. The van der Waals surface area contributed by atoms with Crippen molar-refractivity contribution < 1.29 is 5.11 Å². The molecule has 1 atom stereocenters. The zero-order valence-corrected chi connectivity index (χ0v) is 9.77. The summed E-state index contributed by atoms with van der Waals surface area (Å²) in [5.41, 5.74) is 4.92. The molecule has 1 aliphatic rings. The summed E-state index contributed by atoms with van der Waals surface area (Å²) in [5, 5.41) is 16.7. The average Bonchev–Trinajstić information content (AvgIpc) is 2.65. The molecule has 0 saturated carbocycles. The second-order valence-corrected chi connectivity index (χ2v) is 4.89. The van der Waals surface area contributed by atoms with Gasteiger partial charge in [-0.2, -0.15) is 4.98 Å². The number of nitrogens with one attached hydrogen (secondary N) is 1. The van der Waals surface area contributed by atoms with E-state index in [0.29, 0.717) is 11.8 Å². The molecule has 1 aliphatic heterocycles. The maximum atomic E-state index is 9.78. The lowest BCUT2D eigenvalue weighted by Gasteiger charge is -2.29. The van der Waals surface area contributed by atoms with Gasteiger partial charge in [0.25, 0.3) is 0 Å². The molecule has 2 rings (SSSR count). The number of anilines is 1. The van der Waals surface area contributed by atoms with E-state index in [9.17, 15) is 5.11 Å². The molecule has 1 aromatic heterocycles. The standard InChI is InChI=1S/C10H19N5O/c1-10(2,16)8-12-9(14-13-8)15-5-3-4-7(11)6-15/h7,16H,3-6,11H2,1-2H3,(H,12,13,14). The van der Waals surface area contributed by atoms with Crippen LogP contribution in [0.1, 0.15) is 32.5 Å².